The Morgan fingerprint density at radius 3 is 2.48 bits per heavy atom. The second kappa shape index (κ2) is 7.15. The molecule has 0 unspecified atom stereocenters. The third-order valence-corrected chi connectivity index (χ3v) is 6.58. The highest BCUT2D eigenvalue weighted by Crippen LogP contribution is 2.40. The molecule has 0 radical (unpaired) electrons. The maximum absolute atomic E-state index is 12.7. The monoisotopic (exact) mass is 364 g/mol. The lowest BCUT2D eigenvalue weighted by atomic mass is 9.78. The van der Waals surface area contributed by atoms with Crippen molar-refractivity contribution < 1.29 is 19.5 Å². The van der Waals surface area contributed by atoms with Gasteiger partial charge in [0.1, 0.15) is 5.00 Å². The van der Waals surface area contributed by atoms with Gasteiger partial charge in [0, 0.05) is 4.88 Å². The summed E-state index contributed by atoms with van der Waals surface area (Å²) in [5.74, 6) is -2.41. The average molecular weight is 364 g/mol. The van der Waals surface area contributed by atoms with Gasteiger partial charge < -0.3 is 16.2 Å². The van der Waals surface area contributed by atoms with E-state index in [9.17, 15) is 19.5 Å². The Hall–Kier alpha value is -1.89. The molecule has 0 saturated heterocycles. The minimum Gasteiger partial charge on any atom is -0.481 e. The highest BCUT2D eigenvalue weighted by atomic mass is 32.1. The number of carbonyl (C=O) groups is 3. The third kappa shape index (κ3) is 3.56. The quantitative estimate of drug-likeness (QED) is 0.763. The molecule has 25 heavy (non-hydrogen) atoms. The molecule has 6 nitrogen and oxygen atoms in total. The van der Waals surface area contributed by atoms with Gasteiger partial charge in [0.2, 0.25) is 5.91 Å². The van der Waals surface area contributed by atoms with Crippen molar-refractivity contribution in [2.24, 2.45) is 23.5 Å². The summed E-state index contributed by atoms with van der Waals surface area (Å²) in [6, 6.07) is 0. The number of primary amides is 1. The van der Waals surface area contributed by atoms with E-state index in [0.717, 1.165) is 42.5 Å². The molecule has 1 heterocycles. The van der Waals surface area contributed by atoms with E-state index in [1.54, 1.807) is 0 Å². The number of nitrogens with two attached hydrogens (primary N) is 1. The minimum absolute atomic E-state index is 0.304. The van der Waals surface area contributed by atoms with Crippen LogP contribution in [0.4, 0.5) is 5.00 Å². The zero-order valence-electron chi connectivity index (χ0n) is 14.3. The number of carboxylic acid groups (broad SMARTS) is 1. The number of aliphatic carboxylic acids is 1. The van der Waals surface area contributed by atoms with E-state index >= 15 is 0 Å². The second-order valence-electron chi connectivity index (χ2n) is 7.25. The molecule has 0 aliphatic heterocycles. The molecule has 1 saturated carbocycles. The molecule has 1 aromatic heterocycles. The Bertz CT molecular complexity index is 712. The van der Waals surface area contributed by atoms with E-state index < -0.39 is 23.7 Å². The summed E-state index contributed by atoms with van der Waals surface area (Å²) >= 11 is 1.42. The standard InChI is InChI=1S/C18H24N2O4S/c1-9-6-7-12-13(8-9)25-17(14(12)15(19)21)20-16(22)10-4-2-3-5-11(10)18(23)24/h9-11H,2-8H2,1H3,(H2,19,21)(H,20,22)(H,23,24)/t9-,10+,11-/m0/s1. The van der Waals surface area contributed by atoms with Gasteiger partial charge in [-0.15, -0.1) is 11.3 Å². The molecule has 136 valence electrons. The molecule has 3 atom stereocenters. The molecule has 0 aromatic carbocycles. The van der Waals surface area contributed by atoms with Crippen LogP contribution >= 0.6 is 11.3 Å². The van der Waals surface area contributed by atoms with Crippen LogP contribution in [0.3, 0.4) is 0 Å². The lowest BCUT2D eigenvalue weighted by Gasteiger charge is -2.27. The van der Waals surface area contributed by atoms with E-state index in [2.05, 4.69) is 12.2 Å². The van der Waals surface area contributed by atoms with Crippen molar-refractivity contribution in [1.29, 1.82) is 0 Å². The lowest BCUT2D eigenvalue weighted by molar-refractivity contribution is -0.147. The van der Waals surface area contributed by atoms with E-state index in [1.807, 2.05) is 0 Å². The lowest BCUT2D eigenvalue weighted by Crippen LogP contribution is -2.36. The fraction of sp³-hybridized carbons (Fsp3) is 0.611. The van der Waals surface area contributed by atoms with Gasteiger partial charge in [0.25, 0.3) is 5.91 Å². The van der Waals surface area contributed by atoms with Crippen LogP contribution in [-0.4, -0.2) is 22.9 Å². The number of anilines is 1. The Kier molecular flexibility index (Phi) is 5.13. The molecular weight excluding hydrogens is 340 g/mol. The largest absolute Gasteiger partial charge is 0.481 e. The van der Waals surface area contributed by atoms with Crippen molar-refractivity contribution in [2.45, 2.75) is 51.9 Å². The van der Waals surface area contributed by atoms with Crippen LogP contribution in [0.15, 0.2) is 0 Å². The molecule has 2 amide bonds. The Balaban J connectivity index is 1.86. The van der Waals surface area contributed by atoms with Crippen LogP contribution in [-0.2, 0) is 22.4 Å². The van der Waals surface area contributed by atoms with Crippen LogP contribution in [0.2, 0.25) is 0 Å². The summed E-state index contributed by atoms with van der Waals surface area (Å²) in [7, 11) is 0. The van der Waals surface area contributed by atoms with Crippen LogP contribution < -0.4 is 11.1 Å². The summed E-state index contributed by atoms with van der Waals surface area (Å²) in [5, 5.41) is 12.7. The van der Waals surface area contributed by atoms with Crippen molar-refractivity contribution in [3.8, 4) is 0 Å². The smallest absolute Gasteiger partial charge is 0.307 e. The predicted octanol–water partition coefficient (Wildman–Crippen LogP) is 2.80. The summed E-state index contributed by atoms with van der Waals surface area (Å²) in [4.78, 5) is 37.2. The van der Waals surface area contributed by atoms with E-state index in [1.165, 1.54) is 11.3 Å². The maximum atomic E-state index is 12.7. The fourth-order valence-electron chi connectivity index (χ4n) is 4.04. The van der Waals surface area contributed by atoms with Gasteiger partial charge in [-0.3, -0.25) is 14.4 Å². The van der Waals surface area contributed by atoms with Crippen molar-refractivity contribution in [3.63, 3.8) is 0 Å². The van der Waals surface area contributed by atoms with Crippen molar-refractivity contribution in [3.05, 3.63) is 16.0 Å². The number of hydrogen-bond donors (Lipinski definition) is 3. The van der Waals surface area contributed by atoms with Gasteiger partial charge in [-0.25, -0.2) is 0 Å². The molecule has 2 aliphatic rings. The third-order valence-electron chi connectivity index (χ3n) is 5.41. The first-order valence-corrected chi connectivity index (χ1v) is 9.68. The zero-order valence-corrected chi connectivity index (χ0v) is 15.2. The maximum Gasteiger partial charge on any atom is 0.307 e. The number of carbonyl (C=O) groups excluding carboxylic acids is 2. The average Bonchev–Trinajstić information content (AvgIpc) is 2.91. The van der Waals surface area contributed by atoms with Gasteiger partial charge in [-0.05, 0) is 43.6 Å². The number of amides is 2. The summed E-state index contributed by atoms with van der Waals surface area (Å²) < 4.78 is 0. The van der Waals surface area contributed by atoms with Gasteiger partial charge in [-0.1, -0.05) is 19.8 Å². The summed E-state index contributed by atoms with van der Waals surface area (Å²) in [5.41, 5.74) is 6.95. The zero-order chi connectivity index (χ0) is 18.1. The number of fused-ring (bicyclic) bond motifs is 1. The first-order valence-electron chi connectivity index (χ1n) is 8.86. The number of carboxylic acids is 1. The van der Waals surface area contributed by atoms with Crippen LogP contribution in [0.1, 0.15) is 59.8 Å². The molecule has 1 fully saturated rings. The molecular formula is C18H24N2O4S. The van der Waals surface area contributed by atoms with Crippen LogP contribution in [0, 0.1) is 17.8 Å². The summed E-state index contributed by atoms with van der Waals surface area (Å²) in [6.45, 7) is 2.17. The molecule has 4 N–H and O–H groups in total. The summed E-state index contributed by atoms with van der Waals surface area (Å²) in [6.07, 6.45) is 5.45. The topological polar surface area (TPSA) is 109 Å². The molecule has 7 heteroatoms. The van der Waals surface area contributed by atoms with Crippen molar-refractivity contribution >= 4 is 34.1 Å². The highest BCUT2D eigenvalue weighted by molar-refractivity contribution is 7.17. The molecule has 1 aromatic rings. The normalized spacial score (nSPS) is 25.9. The number of thiophene rings is 1. The Labute approximate surface area is 150 Å². The first kappa shape index (κ1) is 17.9. The molecule has 0 spiro atoms. The molecule has 2 aliphatic carbocycles. The SMILES string of the molecule is C[C@H]1CCc2c(sc(NC(=O)[C@@H]3CCCC[C@@H]3C(=O)O)c2C(N)=O)C1. The van der Waals surface area contributed by atoms with Crippen molar-refractivity contribution in [1.82, 2.24) is 0 Å². The Morgan fingerprint density at radius 1 is 1.16 bits per heavy atom. The van der Waals surface area contributed by atoms with E-state index in [0.29, 0.717) is 29.3 Å². The highest BCUT2D eigenvalue weighted by Gasteiger charge is 2.37. The number of nitrogens with one attached hydrogen (secondary N) is 1. The fourth-order valence-corrected chi connectivity index (χ4v) is 5.46. The van der Waals surface area contributed by atoms with Crippen molar-refractivity contribution in [2.75, 3.05) is 5.32 Å². The van der Waals surface area contributed by atoms with Crippen LogP contribution in [0.5, 0.6) is 0 Å². The first-order chi connectivity index (χ1) is 11.9. The Morgan fingerprint density at radius 2 is 1.84 bits per heavy atom. The van der Waals surface area contributed by atoms with Gasteiger partial charge in [0.15, 0.2) is 0 Å². The molecule has 3 rings (SSSR count). The number of hydrogen-bond acceptors (Lipinski definition) is 4. The predicted molar refractivity (Wildman–Crippen MR) is 95.7 cm³/mol. The van der Waals surface area contributed by atoms with Gasteiger partial charge in [-0.2, -0.15) is 0 Å². The van der Waals surface area contributed by atoms with Gasteiger partial charge in [0.05, 0.1) is 17.4 Å². The number of rotatable bonds is 4. The van der Waals surface area contributed by atoms with Gasteiger partial charge >= 0.3 is 5.97 Å². The minimum atomic E-state index is -0.922. The van der Waals surface area contributed by atoms with E-state index in [-0.39, 0.29) is 5.91 Å². The van der Waals surface area contributed by atoms with Crippen LogP contribution in [0.25, 0.3) is 0 Å². The molecule has 0 bridgehead atoms. The van der Waals surface area contributed by atoms with E-state index in [4.69, 9.17) is 5.73 Å². The second-order valence-corrected chi connectivity index (χ2v) is 8.35.